The van der Waals surface area contributed by atoms with Gasteiger partial charge in [-0.15, -0.1) is 0 Å². The van der Waals surface area contributed by atoms with Crippen LogP contribution in [0, 0.1) is 24.2 Å². The summed E-state index contributed by atoms with van der Waals surface area (Å²) < 4.78 is 5.53. The van der Waals surface area contributed by atoms with Crippen LogP contribution in [0.25, 0.3) is 22.4 Å². The monoisotopic (exact) mass is 466 g/mol. The molecule has 0 spiro atoms. The van der Waals surface area contributed by atoms with Crippen molar-refractivity contribution in [2.24, 2.45) is 5.92 Å². The number of rotatable bonds is 6. The smallest absolute Gasteiger partial charge is 0.263 e. The molecule has 1 fully saturated rings. The zero-order valence-electron chi connectivity index (χ0n) is 19.6. The Kier molecular flexibility index (Phi) is 6.40. The number of benzene rings is 2. The zero-order valence-corrected chi connectivity index (χ0v) is 19.6. The molecule has 176 valence electrons. The molecule has 0 saturated carbocycles. The quantitative estimate of drug-likeness (QED) is 0.404. The number of carbonyl (C=O) groups excluding carboxylic acids is 1. The number of fused-ring (bicyclic) bond motifs is 1. The van der Waals surface area contributed by atoms with E-state index in [1.54, 1.807) is 4.90 Å². The van der Waals surface area contributed by atoms with Crippen LogP contribution in [-0.4, -0.2) is 40.7 Å². The van der Waals surface area contributed by atoms with Gasteiger partial charge in [0.05, 0.1) is 12.5 Å². The van der Waals surface area contributed by atoms with E-state index in [-0.39, 0.29) is 11.8 Å². The first-order chi connectivity index (χ1) is 17.2. The van der Waals surface area contributed by atoms with Crippen LogP contribution < -0.4 is 9.80 Å². The van der Waals surface area contributed by atoms with Gasteiger partial charge in [-0.25, -0.2) is 4.98 Å². The van der Waals surface area contributed by atoms with Crippen LogP contribution in [-0.2, 0) is 4.79 Å². The summed E-state index contributed by atoms with van der Waals surface area (Å²) >= 11 is 0. The summed E-state index contributed by atoms with van der Waals surface area (Å²) in [5, 5.41) is 14.2. The lowest BCUT2D eigenvalue weighted by Crippen LogP contribution is -2.43. The van der Waals surface area contributed by atoms with Crippen LogP contribution in [0.4, 0.5) is 11.5 Å². The lowest BCUT2D eigenvalue weighted by molar-refractivity contribution is -0.123. The van der Waals surface area contributed by atoms with Gasteiger partial charge in [0.1, 0.15) is 23.2 Å². The maximum absolute atomic E-state index is 13.4. The second kappa shape index (κ2) is 9.94. The molecule has 0 N–H and O–H groups in total. The number of aromatic nitrogens is 3. The van der Waals surface area contributed by atoms with Crippen LogP contribution in [0.1, 0.15) is 24.8 Å². The van der Waals surface area contributed by atoms with Gasteiger partial charge in [-0.1, -0.05) is 53.2 Å². The number of aryl methyl sites for hydroxylation is 1. The number of para-hydroxylation sites is 1. The van der Waals surface area contributed by atoms with Crippen molar-refractivity contribution in [3.8, 4) is 17.3 Å². The third-order valence-electron chi connectivity index (χ3n) is 6.50. The highest BCUT2D eigenvalue weighted by molar-refractivity contribution is 5.98. The van der Waals surface area contributed by atoms with Gasteiger partial charge in [0.2, 0.25) is 5.91 Å². The number of hydrogen-bond acceptors (Lipinski definition) is 7. The van der Waals surface area contributed by atoms with E-state index in [1.165, 1.54) is 11.9 Å². The van der Waals surface area contributed by atoms with Gasteiger partial charge in [0.25, 0.3) is 5.71 Å². The van der Waals surface area contributed by atoms with Crippen molar-refractivity contribution in [1.29, 1.82) is 5.26 Å². The highest BCUT2D eigenvalue weighted by Crippen LogP contribution is 2.35. The van der Waals surface area contributed by atoms with Crippen LogP contribution in [0.5, 0.6) is 0 Å². The molecule has 0 aliphatic carbocycles. The van der Waals surface area contributed by atoms with Crippen molar-refractivity contribution in [2.45, 2.75) is 26.2 Å². The van der Waals surface area contributed by atoms with Crippen molar-refractivity contribution in [3.05, 3.63) is 66.5 Å². The van der Waals surface area contributed by atoms with E-state index in [4.69, 9.17) is 9.78 Å². The number of amides is 1. The molecule has 3 heterocycles. The predicted molar refractivity (Wildman–Crippen MR) is 134 cm³/mol. The summed E-state index contributed by atoms with van der Waals surface area (Å²) in [5.74, 6) is 0.743. The normalized spacial score (nSPS) is 14.1. The Bertz CT molecular complexity index is 1350. The molecule has 0 atom stereocenters. The van der Waals surface area contributed by atoms with Crippen LogP contribution in [0.2, 0.25) is 0 Å². The molecule has 0 radical (unpaired) electrons. The molecular formula is C27H26N6O2. The lowest BCUT2D eigenvalue weighted by atomic mass is 9.94. The van der Waals surface area contributed by atoms with E-state index >= 15 is 0 Å². The van der Waals surface area contributed by atoms with Gasteiger partial charge in [-0.3, -0.25) is 4.79 Å². The van der Waals surface area contributed by atoms with Crippen LogP contribution in [0.3, 0.4) is 0 Å². The number of nitrogens with zero attached hydrogens (tertiary/aromatic N) is 6. The third-order valence-corrected chi connectivity index (χ3v) is 6.50. The van der Waals surface area contributed by atoms with Crippen molar-refractivity contribution in [2.75, 3.05) is 29.4 Å². The highest BCUT2D eigenvalue weighted by Gasteiger charge is 2.31. The van der Waals surface area contributed by atoms with Gasteiger partial charge < -0.3 is 14.3 Å². The Morgan fingerprint density at radius 1 is 1.11 bits per heavy atom. The second-order valence-corrected chi connectivity index (χ2v) is 8.77. The first-order valence-electron chi connectivity index (χ1n) is 11.8. The Labute approximate surface area is 203 Å². The van der Waals surface area contributed by atoms with E-state index in [1.807, 2.05) is 61.5 Å². The highest BCUT2D eigenvalue weighted by atomic mass is 16.5. The summed E-state index contributed by atoms with van der Waals surface area (Å²) in [6.45, 7) is 3.81. The second-order valence-electron chi connectivity index (χ2n) is 8.77. The molecule has 35 heavy (non-hydrogen) atoms. The minimum absolute atomic E-state index is 0.0734. The summed E-state index contributed by atoms with van der Waals surface area (Å²) in [6, 6.07) is 19.9. The molecule has 1 aliphatic rings. The van der Waals surface area contributed by atoms with Crippen LogP contribution in [0.15, 0.2) is 65.4 Å². The maximum atomic E-state index is 13.4. The SMILES string of the molecule is Cc1ccc(-c2noc3ncnc(N4CCC(C(=O)N(CCC#N)c5ccccc5)CC4)c23)cc1. The van der Waals surface area contributed by atoms with Gasteiger partial charge in [-0.2, -0.15) is 10.2 Å². The van der Waals surface area contributed by atoms with Crippen molar-refractivity contribution >= 4 is 28.5 Å². The van der Waals surface area contributed by atoms with Gasteiger partial charge >= 0.3 is 0 Å². The molecular weight excluding hydrogens is 440 g/mol. The average Bonchev–Trinajstić information content (AvgIpc) is 3.34. The molecule has 0 unspecified atom stereocenters. The molecule has 1 aliphatic heterocycles. The molecule has 5 rings (SSSR count). The fraction of sp³-hybridized carbons (Fsp3) is 0.296. The van der Waals surface area contributed by atoms with Crippen molar-refractivity contribution < 1.29 is 9.32 Å². The topological polar surface area (TPSA) is 99.2 Å². The summed E-state index contributed by atoms with van der Waals surface area (Å²) in [4.78, 5) is 26.2. The molecule has 2 aromatic heterocycles. The van der Waals surface area contributed by atoms with Gasteiger partial charge in [0.15, 0.2) is 0 Å². The Morgan fingerprint density at radius 2 is 1.86 bits per heavy atom. The zero-order chi connectivity index (χ0) is 24.2. The average molecular weight is 467 g/mol. The fourth-order valence-corrected chi connectivity index (χ4v) is 4.61. The van der Waals surface area contributed by atoms with Gasteiger partial charge in [0, 0.05) is 36.8 Å². The van der Waals surface area contributed by atoms with E-state index in [0.29, 0.717) is 44.6 Å². The third kappa shape index (κ3) is 4.58. The molecule has 4 aromatic rings. The summed E-state index contributed by atoms with van der Waals surface area (Å²) in [5.41, 5.74) is 4.13. The molecule has 1 amide bonds. The first kappa shape index (κ1) is 22.5. The van der Waals surface area contributed by atoms with E-state index < -0.39 is 0 Å². The standard InChI is InChI=1S/C27H26N6O2/c1-19-8-10-20(11-9-19)24-23-25(29-18-30-26(23)35-31-24)32-16-12-21(13-17-32)27(34)33(15-5-14-28)22-6-3-2-4-7-22/h2-4,6-11,18,21H,5,12-13,15-17H2,1H3. The summed E-state index contributed by atoms with van der Waals surface area (Å²) in [7, 11) is 0. The number of hydrogen-bond donors (Lipinski definition) is 0. The molecule has 8 heteroatoms. The largest absolute Gasteiger partial charge is 0.356 e. The Hall–Kier alpha value is -4.25. The van der Waals surface area contributed by atoms with E-state index in [9.17, 15) is 4.79 Å². The lowest BCUT2D eigenvalue weighted by Gasteiger charge is -2.35. The number of anilines is 2. The van der Waals surface area contributed by atoms with Crippen LogP contribution >= 0.6 is 0 Å². The van der Waals surface area contributed by atoms with Crippen molar-refractivity contribution in [3.63, 3.8) is 0 Å². The Balaban J connectivity index is 1.36. The minimum atomic E-state index is -0.110. The van der Waals surface area contributed by atoms with E-state index in [0.717, 1.165) is 28.1 Å². The fourth-order valence-electron chi connectivity index (χ4n) is 4.61. The maximum Gasteiger partial charge on any atom is 0.263 e. The van der Waals surface area contributed by atoms with E-state index in [2.05, 4.69) is 26.1 Å². The van der Waals surface area contributed by atoms with Crippen molar-refractivity contribution in [1.82, 2.24) is 15.1 Å². The molecule has 1 saturated heterocycles. The predicted octanol–water partition coefficient (Wildman–Crippen LogP) is 4.76. The summed E-state index contributed by atoms with van der Waals surface area (Å²) in [6.07, 6.45) is 3.20. The number of piperidine rings is 1. The molecule has 8 nitrogen and oxygen atoms in total. The first-order valence-corrected chi connectivity index (χ1v) is 11.8. The van der Waals surface area contributed by atoms with Gasteiger partial charge in [-0.05, 0) is 31.9 Å². The number of carbonyl (C=O) groups is 1. The minimum Gasteiger partial charge on any atom is -0.356 e. The molecule has 0 bridgehead atoms. The molecule has 2 aromatic carbocycles. The Morgan fingerprint density at radius 3 is 2.57 bits per heavy atom. The number of nitriles is 1.